The molecule has 0 aliphatic rings. The molecule has 0 aromatic carbocycles. The molecule has 0 spiro atoms. The lowest BCUT2D eigenvalue weighted by molar-refractivity contribution is -0.167. The number of carbonyl (C=O) groups is 3. The van der Waals surface area contributed by atoms with Gasteiger partial charge in [0.2, 0.25) is 0 Å². The van der Waals surface area contributed by atoms with E-state index in [0.29, 0.717) is 19.3 Å². The average molecular weight is 891 g/mol. The molecule has 0 bridgehead atoms. The van der Waals surface area contributed by atoms with Crippen LogP contribution in [0.15, 0.2) is 85.1 Å². The normalized spacial score (nSPS) is 12.7. The van der Waals surface area contributed by atoms with E-state index >= 15 is 0 Å². The van der Waals surface area contributed by atoms with Crippen LogP contribution in [-0.2, 0) is 28.6 Å². The van der Waals surface area contributed by atoms with Crippen molar-refractivity contribution in [3.8, 4) is 0 Å². The highest BCUT2D eigenvalue weighted by Crippen LogP contribution is 2.14. The van der Waals surface area contributed by atoms with E-state index in [9.17, 15) is 14.4 Å². The van der Waals surface area contributed by atoms with Crippen LogP contribution in [0.3, 0.4) is 0 Å². The summed E-state index contributed by atoms with van der Waals surface area (Å²) in [6, 6.07) is 0. The van der Waals surface area contributed by atoms with Crippen LogP contribution in [0.5, 0.6) is 0 Å². The first-order chi connectivity index (χ1) is 31.5. The molecule has 0 amide bonds. The fraction of sp³-hybridized carbons (Fsp3) is 0.707. The fourth-order valence-corrected chi connectivity index (χ4v) is 7.15. The molecule has 1 unspecified atom stereocenters. The van der Waals surface area contributed by atoms with Gasteiger partial charge in [0.1, 0.15) is 13.2 Å². The Morgan fingerprint density at radius 2 is 0.609 bits per heavy atom. The second-order valence-corrected chi connectivity index (χ2v) is 17.4. The maximum absolute atomic E-state index is 12.8. The molecular weight excluding hydrogens is 793 g/mol. The van der Waals surface area contributed by atoms with E-state index in [4.69, 9.17) is 14.2 Å². The summed E-state index contributed by atoms with van der Waals surface area (Å²) >= 11 is 0. The summed E-state index contributed by atoms with van der Waals surface area (Å²) in [6.45, 7) is 6.45. The zero-order valence-corrected chi connectivity index (χ0v) is 41.8. The Balaban J connectivity index is 4.40. The Labute approximate surface area is 395 Å². The van der Waals surface area contributed by atoms with Crippen LogP contribution in [0.2, 0.25) is 0 Å². The second kappa shape index (κ2) is 52.2. The Hall–Kier alpha value is -3.41. The second-order valence-electron chi connectivity index (χ2n) is 17.4. The van der Waals surface area contributed by atoms with Gasteiger partial charge in [0.05, 0.1) is 0 Å². The van der Waals surface area contributed by atoms with Crippen molar-refractivity contribution in [2.75, 3.05) is 13.2 Å². The Morgan fingerprint density at radius 3 is 0.984 bits per heavy atom. The number of hydrogen-bond acceptors (Lipinski definition) is 6. The summed E-state index contributed by atoms with van der Waals surface area (Å²) in [4.78, 5) is 37.9. The van der Waals surface area contributed by atoms with Gasteiger partial charge < -0.3 is 14.2 Å². The maximum atomic E-state index is 12.8. The van der Waals surface area contributed by atoms with Crippen molar-refractivity contribution in [3.63, 3.8) is 0 Å². The van der Waals surface area contributed by atoms with Crippen LogP contribution in [0.25, 0.3) is 0 Å². The lowest BCUT2D eigenvalue weighted by Crippen LogP contribution is -2.30. The van der Waals surface area contributed by atoms with E-state index in [0.717, 1.165) is 109 Å². The molecule has 0 rings (SSSR count). The summed E-state index contributed by atoms with van der Waals surface area (Å²) in [7, 11) is 0. The topological polar surface area (TPSA) is 78.9 Å². The van der Waals surface area contributed by atoms with Gasteiger partial charge in [-0.05, 0) is 96.3 Å². The number of rotatable bonds is 47. The Morgan fingerprint density at radius 1 is 0.328 bits per heavy atom. The van der Waals surface area contributed by atoms with Gasteiger partial charge in [0.15, 0.2) is 6.10 Å². The summed E-state index contributed by atoms with van der Waals surface area (Å²) in [5, 5.41) is 0. The first kappa shape index (κ1) is 60.6. The molecular formula is C58H98O6. The third-order valence-electron chi connectivity index (χ3n) is 11.1. The van der Waals surface area contributed by atoms with Crippen LogP contribution < -0.4 is 0 Å². The minimum Gasteiger partial charge on any atom is -0.462 e. The third-order valence-corrected chi connectivity index (χ3v) is 11.1. The van der Waals surface area contributed by atoms with Gasteiger partial charge in [0.25, 0.3) is 0 Å². The standard InChI is InChI=1S/C58H98O6/c1-4-7-10-13-16-19-21-23-25-27-29-31-32-34-36-39-42-45-48-51-57(60)63-54-55(53-62-56(59)50-47-44-41-38-18-15-12-9-6-3)64-58(61)52-49-46-43-40-37-35-33-30-28-26-24-22-20-17-14-11-8-5-2/h7,10,16,19-20,22-23,25-26,28-29,31,34,36,55H,4-6,8-9,11-15,17-18,21,24,27,30,32-33,35,37-54H2,1-3H3/b10-7-,19-16-,22-20-,25-23-,28-26-,31-29-,36-34-. The van der Waals surface area contributed by atoms with Crippen LogP contribution in [0.1, 0.15) is 245 Å². The molecule has 0 saturated carbocycles. The number of ether oxygens (including phenoxy) is 3. The minimum atomic E-state index is -0.792. The Kier molecular flexibility index (Phi) is 49.4. The molecule has 0 heterocycles. The van der Waals surface area contributed by atoms with Gasteiger partial charge in [0, 0.05) is 19.3 Å². The average Bonchev–Trinajstić information content (AvgIpc) is 3.29. The highest BCUT2D eigenvalue weighted by atomic mass is 16.6. The lowest BCUT2D eigenvalue weighted by atomic mass is 10.1. The van der Waals surface area contributed by atoms with Gasteiger partial charge in [-0.25, -0.2) is 0 Å². The molecule has 0 N–H and O–H groups in total. The number of carbonyl (C=O) groups excluding carboxylic acids is 3. The highest BCUT2D eigenvalue weighted by molar-refractivity contribution is 5.71. The first-order valence-corrected chi connectivity index (χ1v) is 26.6. The van der Waals surface area contributed by atoms with Gasteiger partial charge in [-0.3, -0.25) is 14.4 Å². The number of hydrogen-bond donors (Lipinski definition) is 0. The van der Waals surface area contributed by atoms with E-state index in [1.807, 2.05) is 0 Å². The van der Waals surface area contributed by atoms with Crippen molar-refractivity contribution in [3.05, 3.63) is 85.1 Å². The highest BCUT2D eigenvalue weighted by Gasteiger charge is 2.19. The van der Waals surface area contributed by atoms with Crippen LogP contribution in [0.4, 0.5) is 0 Å². The SMILES string of the molecule is CC/C=C\C/C=C\C/C=C\C/C=C\C/C=C\CCCCCC(=O)OCC(COC(=O)CCCCCCCCCCC)OC(=O)CCCCCCCCC/C=C\C/C=C\CCCCCC. The molecule has 1 atom stereocenters. The van der Waals surface area contributed by atoms with Gasteiger partial charge in [-0.1, -0.05) is 215 Å². The van der Waals surface area contributed by atoms with Crippen LogP contribution >= 0.6 is 0 Å². The minimum absolute atomic E-state index is 0.0897. The molecule has 366 valence electrons. The monoisotopic (exact) mass is 891 g/mol. The van der Waals surface area contributed by atoms with Gasteiger partial charge >= 0.3 is 17.9 Å². The van der Waals surface area contributed by atoms with Crippen molar-refractivity contribution in [1.29, 1.82) is 0 Å². The van der Waals surface area contributed by atoms with E-state index in [1.54, 1.807) is 0 Å². The number of allylic oxidation sites excluding steroid dienone is 14. The molecule has 0 fully saturated rings. The van der Waals surface area contributed by atoms with Crippen LogP contribution in [-0.4, -0.2) is 37.2 Å². The summed E-state index contributed by atoms with van der Waals surface area (Å²) < 4.78 is 16.8. The summed E-state index contributed by atoms with van der Waals surface area (Å²) in [6.07, 6.45) is 67.1. The summed E-state index contributed by atoms with van der Waals surface area (Å²) in [5.41, 5.74) is 0. The largest absolute Gasteiger partial charge is 0.462 e. The van der Waals surface area contributed by atoms with Crippen molar-refractivity contribution in [2.24, 2.45) is 0 Å². The number of unbranched alkanes of at least 4 members (excludes halogenated alkanes) is 22. The fourth-order valence-electron chi connectivity index (χ4n) is 7.15. The Bertz CT molecular complexity index is 1250. The molecule has 0 saturated heterocycles. The quantitative estimate of drug-likeness (QED) is 0.0262. The van der Waals surface area contributed by atoms with E-state index in [1.165, 1.54) is 96.3 Å². The third kappa shape index (κ3) is 49.6. The molecule has 0 aromatic heterocycles. The first-order valence-electron chi connectivity index (χ1n) is 26.6. The zero-order chi connectivity index (χ0) is 46.5. The molecule has 64 heavy (non-hydrogen) atoms. The maximum Gasteiger partial charge on any atom is 0.306 e. The molecule has 0 aromatic rings. The van der Waals surface area contributed by atoms with E-state index in [-0.39, 0.29) is 31.1 Å². The van der Waals surface area contributed by atoms with E-state index < -0.39 is 6.10 Å². The molecule has 6 heteroatoms. The molecule has 0 radical (unpaired) electrons. The summed E-state index contributed by atoms with van der Waals surface area (Å²) in [5.74, 6) is -0.933. The predicted octanol–water partition coefficient (Wildman–Crippen LogP) is 17.6. The van der Waals surface area contributed by atoms with Crippen molar-refractivity contribution in [2.45, 2.75) is 252 Å². The van der Waals surface area contributed by atoms with Crippen molar-refractivity contribution in [1.82, 2.24) is 0 Å². The predicted molar refractivity (Wildman–Crippen MR) is 274 cm³/mol. The van der Waals surface area contributed by atoms with Crippen LogP contribution in [0, 0.1) is 0 Å². The van der Waals surface area contributed by atoms with Crippen molar-refractivity contribution >= 4 is 17.9 Å². The van der Waals surface area contributed by atoms with Crippen molar-refractivity contribution < 1.29 is 28.6 Å². The smallest absolute Gasteiger partial charge is 0.306 e. The molecule has 0 aliphatic carbocycles. The van der Waals surface area contributed by atoms with Gasteiger partial charge in [-0.15, -0.1) is 0 Å². The number of esters is 3. The molecule has 0 aliphatic heterocycles. The lowest BCUT2D eigenvalue weighted by Gasteiger charge is -2.18. The van der Waals surface area contributed by atoms with Gasteiger partial charge in [-0.2, -0.15) is 0 Å². The molecule has 6 nitrogen and oxygen atoms in total. The van der Waals surface area contributed by atoms with E-state index in [2.05, 4.69) is 106 Å². The zero-order valence-electron chi connectivity index (χ0n) is 41.8.